The summed E-state index contributed by atoms with van der Waals surface area (Å²) in [6.07, 6.45) is 4.70. The zero-order chi connectivity index (χ0) is 12.3. The molecule has 0 radical (unpaired) electrons. The topological polar surface area (TPSA) is 35.2 Å². The van der Waals surface area contributed by atoms with E-state index in [2.05, 4.69) is 32.0 Å². The Morgan fingerprint density at radius 1 is 1.29 bits per heavy atom. The standard InChI is InChI=1S/C15H23NO/c1-3-15(4-2,11-16)10-13-9-12-7-5-6-8-14(12)17-13/h5-8,13H,3-4,9-11,16H2,1-2H3. The third-order valence-corrected chi connectivity index (χ3v) is 4.31. The third kappa shape index (κ3) is 2.47. The highest BCUT2D eigenvalue weighted by Crippen LogP contribution is 2.37. The van der Waals surface area contributed by atoms with E-state index < -0.39 is 0 Å². The van der Waals surface area contributed by atoms with Crippen molar-refractivity contribution in [2.24, 2.45) is 11.1 Å². The molecular weight excluding hydrogens is 210 g/mol. The van der Waals surface area contributed by atoms with Crippen molar-refractivity contribution < 1.29 is 4.74 Å². The Balaban J connectivity index is 2.04. The smallest absolute Gasteiger partial charge is 0.123 e. The zero-order valence-electron chi connectivity index (χ0n) is 10.9. The lowest BCUT2D eigenvalue weighted by Crippen LogP contribution is -2.34. The van der Waals surface area contributed by atoms with Crippen molar-refractivity contribution in [3.63, 3.8) is 0 Å². The molecule has 2 N–H and O–H groups in total. The normalized spacial score (nSPS) is 18.9. The van der Waals surface area contributed by atoms with Gasteiger partial charge in [0.2, 0.25) is 0 Å². The van der Waals surface area contributed by atoms with E-state index in [-0.39, 0.29) is 5.41 Å². The van der Waals surface area contributed by atoms with Crippen LogP contribution in [0, 0.1) is 5.41 Å². The number of para-hydroxylation sites is 1. The van der Waals surface area contributed by atoms with Gasteiger partial charge in [-0.1, -0.05) is 32.0 Å². The maximum Gasteiger partial charge on any atom is 0.123 e. The lowest BCUT2D eigenvalue weighted by molar-refractivity contribution is 0.130. The molecule has 1 aliphatic heterocycles. The average molecular weight is 233 g/mol. The molecule has 17 heavy (non-hydrogen) atoms. The number of fused-ring (bicyclic) bond motifs is 1. The molecule has 94 valence electrons. The summed E-state index contributed by atoms with van der Waals surface area (Å²) in [5.74, 6) is 1.07. The molecule has 1 aromatic carbocycles. The van der Waals surface area contributed by atoms with Crippen LogP contribution in [0.15, 0.2) is 24.3 Å². The predicted molar refractivity (Wildman–Crippen MR) is 71.2 cm³/mol. The minimum absolute atomic E-state index is 0.257. The number of ether oxygens (including phenoxy) is 1. The Hall–Kier alpha value is -1.02. The van der Waals surface area contributed by atoms with Crippen LogP contribution in [0.25, 0.3) is 0 Å². The maximum atomic E-state index is 6.01. The van der Waals surface area contributed by atoms with Crippen LogP contribution in [0.1, 0.15) is 38.7 Å². The fraction of sp³-hybridized carbons (Fsp3) is 0.600. The summed E-state index contributed by atoms with van der Waals surface area (Å²) in [4.78, 5) is 0. The van der Waals surface area contributed by atoms with Gasteiger partial charge in [0.05, 0.1) is 0 Å². The summed E-state index contributed by atoms with van der Waals surface area (Å²) in [6.45, 7) is 5.23. The first kappa shape index (κ1) is 12.4. The van der Waals surface area contributed by atoms with Gasteiger partial charge in [0.1, 0.15) is 11.9 Å². The van der Waals surface area contributed by atoms with Gasteiger partial charge in [0, 0.05) is 6.42 Å². The first-order valence-electron chi connectivity index (χ1n) is 6.67. The Bertz CT molecular complexity index is 338. The second kappa shape index (κ2) is 5.09. The van der Waals surface area contributed by atoms with Crippen molar-refractivity contribution in [2.45, 2.75) is 45.6 Å². The van der Waals surface area contributed by atoms with Gasteiger partial charge in [-0.2, -0.15) is 0 Å². The van der Waals surface area contributed by atoms with Gasteiger partial charge in [0.15, 0.2) is 0 Å². The molecule has 1 heterocycles. The molecule has 0 amide bonds. The Morgan fingerprint density at radius 3 is 2.59 bits per heavy atom. The molecule has 0 aromatic heterocycles. The largest absolute Gasteiger partial charge is 0.490 e. The van der Waals surface area contributed by atoms with Gasteiger partial charge in [-0.15, -0.1) is 0 Å². The molecule has 1 unspecified atom stereocenters. The predicted octanol–water partition coefficient (Wildman–Crippen LogP) is 3.15. The third-order valence-electron chi connectivity index (χ3n) is 4.31. The van der Waals surface area contributed by atoms with Crippen molar-refractivity contribution in [3.8, 4) is 5.75 Å². The summed E-state index contributed by atoms with van der Waals surface area (Å²) in [6, 6.07) is 8.35. The minimum atomic E-state index is 0.257. The van der Waals surface area contributed by atoms with Gasteiger partial charge < -0.3 is 10.5 Å². The van der Waals surface area contributed by atoms with E-state index in [1.807, 2.05) is 6.07 Å². The molecule has 1 atom stereocenters. The van der Waals surface area contributed by atoms with E-state index in [4.69, 9.17) is 10.5 Å². The van der Waals surface area contributed by atoms with Crippen LogP contribution in [0.3, 0.4) is 0 Å². The SMILES string of the molecule is CCC(CC)(CN)CC1Cc2ccccc2O1. The fourth-order valence-electron chi connectivity index (χ4n) is 2.76. The summed E-state index contributed by atoms with van der Waals surface area (Å²) in [7, 11) is 0. The van der Waals surface area contributed by atoms with Crippen LogP contribution in [0.2, 0.25) is 0 Å². The molecule has 2 rings (SSSR count). The number of hydrogen-bond acceptors (Lipinski definition) is 2. The van der Waals surface area contributed by atoms with Crippen molar-refractivity contribution in [3.05, 3.63) is 29.8 Å². The summed E-state index contributed by atoms with van der Waals surface area (Å²) in [5, 5.41) is 0. The number of nitrogens with two attached hydrogens (primary N) is 1. The summed E-state index contributed by atoms with van der Waals surface area (Å²) >= 11 is 0. The minimum Gasteiger partial charge on any atom is -0.490 e. The average Bonchev–Trinajstić information content (AvgIpc) is 2.78. The van der Waals surface area contributed by atoms with Crippen molar-refractivity contribution >= 4 is 0 Å². The van der Waals surface area contributed by atoms with Gasteiger partial charge >= 0.3 is 0 Å². The van der Waals surface area contributed by atoms with E-state index in [0.29, 0.717) is 6.10 Å². The van der Waals surface area contributed by atoms with Crippen LogP contribution in [0.5, 0.6) is 5.75 Å². The molecule has 1 aromatic rings. The molecule has 0 aliphatic carbocycles. The Kier molecular flexibility index (Phi) is 3.72. The number of rotatable bonds is 5. The Morgan fingerprint density at radius 2 is 2.00 bits per heavy atom. The molecule has 2 nitrogen and oxygen atoms in total. The number of hydrogen-bond donors (Lipinski definition) is 1. The first-order chi connectivity index (χ1) is 8.23. The quantitative estimate of drug-likeness (QED) is 0.848. The van der Waals surface area contributed by atoms with E-state index in [1.165, 1.54) is 5.56 Å². The molecular formula is C15H23NO. The van der Waals surface area contributed by atoms with Crippen LogP contribution in [-0.2, 0) is 6.42 Å². The van der Waals surface area contributed by atoms with Crippen molar-refractivity contribution in [1.29, 1.82) is 0 Å². The van der Waals surface area contributed by atoms with Gasteiger partial charge in [0.25, 0.3) is 0 Å². The molecule has 0 fully saturated rings. The van der Waals surface area contributed by atoms with Crippen LogP contribution in [-0.4, -0.2) is 12.6 Å². The highest BCUT2D eigenvalue weighted by atomic mass is 16.5. The number of benzene rings is 1. The van der Waals surface area contributed by atoms with E-state index in [1.54, 1.807) is 0 Å². The van der Waals surface area contributed by atoms with Crippen LogP contribution >= 0.6 is 0 Å². The van der Waals surface area contributed by atoms with E-state index >= 15 is 0 Å². The molecule has 0 spiro atoms. The zero-order valence-corrected chi connectivity index (χ0v) is 10.9. The Labute approximate surface area is 104 Å². The first-order valence-corrected chi connectivity index (χ1v) is 6.67. The van der Waals surface area contributed by atoms with Gasteiger partial charge in [-0.05, 0) is 42.9 Å². The van der Waals surface area contributed by atoms with E-state index in [0.717, 1.165) is 38.0 Å². The lowest BCUT2D eigenvalue weighted by Gasteiger charge is -2.32. The fourth-order valence-corrected chi connectivity index (χ4v) is 2.76. The second-order valence-corrected chi connectivity index (χ2v) is 5.17. The van der Waals surface area contributed by atoms with Gasteiger partial charge in [-0.25, -0.2) is 0 Å². The van der Waals surface area contributed by atoms with E-state index in [9.17, 15) is 0 Å². The molecule has 0 saturated heterocycles. The van der Waals surface area contributed by atoms with Crippen LogP contribution in [0.4, 0.5) is 0 Å². The van der Waals surface area contributed by atoms with Crippen LogP contribution < -0.4 is 10.5 Å². The maximum absolute atomic E-state index is 6.01. The summed E-state index contributed by atoms with van der Waals surface area (Å²) < 4.78 is 6.01. The highest BCUT2D eigenvalue weighted by molar-refractivity contribution is 5.37. The van der Waals surface area contributed by atoms with Gasteiger partial charge in [-0.3, -0.25) is 0 Å². The summed E-state index contributed by atoms with van der Waals surface area (Å²) in [5.41, 5.74) is 7.56. The molecule has 1 aliphatic rings. The lowest BCUT2D eigenvalue weighted by atomic mass is 9.77. The molecule has 2 heteroatoms. The monoisotopic (exact) mass is 233 g/mol. The molecule has 0 saturated carbocycles. The molecule has 0 bridgehead atoms. The van der Waals surface area contributed by atoms with Crippen molar-refractivity contribution in [2.75, 3.05) is 6.54 Å². The second-order valence-electron chi connectivity index (χ2n) is 5.17. The van der Waals surface area contributed by atoms with Crippen molar-refractivity contribution in [1.82, 2.24) is 0 Å². The highest BCUT2D eigenvalue weighted by Gasteiger charge is 2.32.